The van der Waals surface area contributed by atoms with Crippen molar-refractivity contribution in [2.45, 2.75) is 0 Å². The Morgan fingerprint density at radius 3 is 2.65 bits per heavy atom. The number of hydrogen-bond donors (Lipinski definition) is 1. The number of nitrogens with one attached hydrogen (secondary N) is 1. The van der Waals surface area contributed by atoms with Crippen LogP contribution in [0.3, 0.4) is 0 Å². The number of nitrogens with zero attached hydrogens (tertiary/aromatic N) is 3. The van der Waals surface area contributed by atoms with Crippen molar-refractivity contribution >= 4 is 17.3 Å². The maximum atomic E-state index is 12.0. The van der Waals surface area contributed by atoms with Crippen molar-refractivity contribution in [1.82, 2.24) is 0 Å². The predicted molar refractivity (Wildman–Crippen MR) is 76.2 cm³/mol. The van der Waals surface area contributed by atoms with Gasteiger partial charge in [-0.2, -0.15) is 0 Å². The van der Waals surface area contributed by atoms with E-state index in [4.69, 9.17) is 10.3 Å². The third kappa shape index (κ3) is 3.28. The van der Waals surface area contributed by atoms with E-state index in [1.807, 2.05) is 0 Å². The molecule has 6 nitrogen and oxygen atoms in total. The van der Waals surface area contributed by atoms with Crippen LogP contribution >= 0.6 is 0 Å². The van der Waals surface area contributed by atoms with Crippen molar-refractivity contribution in [2.24, 2.45) is 5.11 Å². The lowest BCUT2D eigenvalue weighted by molar-refractivity contribution is 0.102. The van der Waals surface area contributed by atoms with Gasteiger partial charge in [-0.1, -0.05) is 17.2 Å². The van der Waals surface area contributed by atoms with Gasteiger partial charge in [0.25, 0.3) is 5.91 Å². The molecule has 0 atom stereocenters. The van der Waals surface area contributed by atoms with Crippen molar-refractivity contribution in [3.05, 3.63) is 64.5 Å². The molecule has 20 heavy (non-hydrogen) atoms. The van der Waals surface area contributed by atoms with Gasteiger partial charge in [-0.05, 0) is 41.9 Å². The fourth-order valence-electron chi connectivity index (χ4n) is 1.64. The second-order valence-electron chi connectivity index (χ2n) is 3.92. The van der Waals surface area contributed by atoms with Gasteiger partial charge >= 0.3 is 0 Å². The number of rotatable bonds is 4. The van der Waals surface area contributed by atoms with Crippen LogP contribution in [0.2, 0.25) is 0 Å². The van der Waals surface area contributed by atoms with Crippen LogP contribution < -0.4 is 10.1 Å². The van der Waals surface area contributed by atoms with Gasteiger partial charge in [0.05, 0.1) is 7.11 Å². The molecule has 0 aromatic heterocycles. The smallest absolute Gasteiger partial charge is 0.255 e. The van der Waals surface area contributed by atoms with Gasteiger partial charge in [-0.25, -0.2) is 0 Å². The van der Waals surface area contributed by atoms with Gasteiger partial charge in [0.1, 0.15) is 5.75 Å². The van der Waals surface area contributed by atoms with Crippen LogP contribution in [0.1, 0.15) is 10.4 Å². The summed E-state index contributed by atoms with van der Waals surface area (Å²) in [5.41, 5.74) is 9.90. The summed E-state index contributed by atoms with van der Waals surface area (Å²) in [5.74, 6) is 0.442. The molecule has 0 bridgehead atoms. The number of carbonyl (C=O) groups excluding carboxylic acids is 1. The second-order valence-corrected chi connectivity index (χ2v) is 3.92. The van der Waals surface area contributed by atoms with E-state index in [0.29, 0.717) is 22.7 Å². The highest BCUT2D eigenvalue weighted by Gasteiger charge is 2.06. The highest BCUT2D eigenvalue weighted by molar-refractivity contribution is 6.04. The van der Waals surface area contributed by atoms with E-state index in [2.05, 4.69) is 15.3 Å². The van der Waals surface area contributed by atoms with Crippen LogP contribution in [0.15, 0.2) is 53.6 Å². The second kappa shape index (κ2) is 6.26. The molecule has 0 spiro atoms. The first-order valence-electron chi connectivity index (χ1n) is 5.83. The van der Waals surface area contributed by atoms with Crippen molar-refractivity contribution in [3.8, 4) is 5.75 Å². The standard InChI is InChI=1S/C14H12N4O2/c1-20-13-7-5-10(6-8-13)14(19)16-11-3-2-4-12(9-11)17-18-15/h2-9H,1H3,(H,16,19). The Morgan fingerprint density at radius 1 is 1.25 bits per heavy atom. The molecule has 0 unspecified atom stereocenters. The quantitative estimate of drug-likeness (QED) is 0.518. The average Bonchev–Trinajstić information content (AvgIpc) is 2.48. The fraction of sp³-hybridized carbons (Fsp3) is 0.0714. The molecular formula is C14H12N4O2. The normalized spacial score (nSPS) is 9.45. The number of benzene rings is 2. The molecule has 2 aromatic rings. The first kappa shape index (κ1) is 13.5. The van der Waals surface area contributed by atoms with Gasteiger partial charge in [0, 0.05) is 21.8 Å². The molecule has 0 aliphatic carbocycles. The van der Waals surface area contributed by atoms with Gasteiger partial charge < -0.3 is 10.1 Å². The zero-order chi connectivity index (χ0) is 14.4. The Morgan fingerprint density at radius 2 is 2.00 bits per heavy atom. The summed E-state index contributed by atoms with van der Waals surface area (Å²) in [6.45, 7) is 0. The van der Waals surface area contributed by atoms with Crippen LogP contribution in [0, 0.1) is 0 Å². The molecule has 0 saturated heterocycles. The first-order chi connectivity index (χ1) is 9.72. The molecule has 2 rings (SSSR count). The Labute approximate surface area is 115 Å². The number of ether oxygens (including phenoxy) is 1. The summed E-state index contributed by atoms with van der Waals surface area (Å²) in [7, 11) is 1.57. The summed E-state index contributed by atoms with van der Waals surface area (Å²) in [4.78, 5) is 14.7. The molecule has 0 aliphatic heterocycles. The third-order valence-corrected chi connectivity index (χ3v) is 2.62. The maximum Gasteiger partial charge on any atom is 0.255 e. The minimum absolute atomic E-state index is 0.245. The van der Waals surface area contributed by atoms with Crippen LogP contribution in [0.4, 0.5) is 11.4 Å². The SMILES string of the molecule is COc1ccc(C(=O)Nc2cccc(N=[N+]=[N-])c2)cc1. The van der Waals surface area contributed by atoms with E-state index >= 15 is 0 Å². The van der Waals surface area contributed by atoms with E-state index in [9.17, 15) is 4.79 Å². The molecule has 0 heterocycles. The average molecular weight is 268 g/mol. The van der Waals surface area contributed by atoms with E-state index < -0.39 is 0 Å². The molecule has 1 amide bonds. The Bertz CT molecular complexity index is 661. The number of amides is 1. The van der Waals surface area contributed by atoms with Gasteiger partial charge in [-0.3, -0.25) is 4.79 Å². The van der Waals surface area contributed by atoms with Gasteiger partial charge in [0.2, 0.25) is 0 Å². The molecule has 0 radical (unpaired) electrons. The number of hydrogen-bond acceptors (Lipinski definition) is 3. The van der Waals surface area contributed by atoms with E-state index in [1.54, 1.807) is 55.6 Å². The lowest BCUT2D eigenvalue weighted by Crippen LogP contribution is -2.11. The zero-order valence-electron chi connectivity index (χ0n) is 10.8. The largest absolute Gasteiger partial charge is 0.497 e. The highest BCUT2D eigenvalue weighted by atomic mass is 16.5. The molecule has 6 heteroatoms. The molecular weight excluding hydrogens is 256 g/mol. The Balaban J connectivity index is 2.14. The molecule has 1 N–H and O–H groups in total. The fourth-order valence-corrected chi connectivity index (χ4v) is 1.64. The minimum atomic E-state index is -0.245. The van der Waals surface area contributed by atoms with Crippen LogP contribution in [0.5, 0.6) is 5.75 Å². The lowest BCUT2D eigenvalue weighted by atomic mass is 10.2. The number of carbonyl (C=O) groups is 1. The topological polar surface area (TPSA) is 87.1 Å². The number of methoxy groups -OCH3 is 1. The summed E-state index contributed by atoms with van der Waals surface area (Å²) in [6, 6.07) is 13.4. The van der Waals surface area contributed by atoms with Crippen molar-refractivity contribution in [1.29, 1.82) is 0 Å². The molecule has 0 fully saturated rings. The van der Waals surface area contributed by atoms with Crippen molar-refractivity contribution in [3.63, 3.8) is 0 Å². The first-order valence-corrected chi connectivity index (χ1v) is 5.83. The van der Waals surface area contributed by atoms with Crippen LogP contribution in [0.25, 0.3) is 10.4 Å². The monoisotopic (exact) mass is 268 g/mol. The van der Waals surface area contributed by atoms with Gasteiger partial charge in [0.15, 0.2) is 0 Å². The maximum absolute atomic E-state index is 12.0. The van der Waals surface area contributed by atoms with Crippen LogP contribution in [-0.2, 0) is 0 Å². The lowest BCUT2D eigenvalue weighted by Gasteiger charge is -2.06. The molecule has 0 aliphatic rings. The molecule has 0 saturated carbocycles. The van der Waals surface area contributed by atoms with Crippen molar-refractivity contribution in [2.75, 3.05) is 12.4 Å². The third-order valence-electron chi connectivity index (χ3n) is 2.62. The number of azide groups is 1. The summed E-state index contributed by atoms with van der Waals surface area (Å²) in [6.07, 6.45) is 0. The Kier molecular flexibility index (Phi) is 4.21. The number of anilines is 1. The molecule has 2 aromatic carbocycles. The zero-order valence-corrected chi connectivity index (χ0v) is 10.8. The van der Waals surface area contributed by atoms with Crippen LogP contribution in [-0.4, -0.2) is 13.0 Å². The summed E-state index contributed by atoms with van der Waals surface area (Å²) < 4.78 is 5.03. The predicted octanol–water partition coefficient (Wildman–Crippen LogP) is 3.89. The van der Waals surface area contributed by atoms with Gasteiger partial charge in [-0.15, -0.1) is 0 Å². The summed E-state index contributed by atoms with van der Waals surface area (Å²) >= 11 is 0. The molecule has 100 valence electrons. The highest BCUT2D eigenvalue weighted by Crippen LogP contribution is 2.19. The van der Waals surface area contributed by atoms with Crippen molar-refractivity contribution < 1.29 is 9.53 Å². The summed E-state index contributed by atoms with van der Waals surface area (Å²) in [5, 5.41) is 6.21. The van der Waals surface area contributed by atoms with E-state index in [0.717, 1.165) is 0 Å². The minimum Gasteiger partial charge on any atom is -0.497 e. The Hall–Kier alpha value is -2.98. The van der Waals surface area contributed by atoms with E-state index in [-0.39, 0.29) is 5.91 Å². The van der Waals surface area contributed by atoms with E-state index in [1.165, 1.54) is 0 Å².